The van der Waals surface area contributed by atoms with Crippen molar-refractivity contribution in [3.8, 4) is 0 Å². The SMILES string of the molecule is C=CC(=O)N1CCC(C2CCCO2)CC1. The van der Waals surface area contributed by atoms with Crippen LogP contribution >= 0.6 is 0 Å². The van der Waals surface area contributed by atoms with E-state index in [-0.39, 0.29) is 5.91 Å². The smallest absolute Gasteiger partial charge is 0.245 e. The fourth-order valence-corrected chi connectivity index (χ4v) is 2.60. The Bertz CT molecular complexity index is 238. The summed E-state index contributed by atoms with van der Waals surface area (Å²) in [5, 5.41) is 0. The van der Waals surface area contributed by atoms with Crippen LogP contribution < -0.4 is 0 Å². The molecule has 1 unspecified atom stereocenters. The maximum Gasteiger partial charge on any atom is 0.245 e. The zero-order chi connectivity index (χ0) is 10.7. The van der Waals surface area contributed by atoms with Crippen LogP contribution in [0.15, 0.2) is 12.7 Å². The predicted octanol–water partition coefficient (Wildman–Crippen LogP) is 1.59. The van der Waals surface area contributed by atoms with E-state index in [2.05, 4.69) is 6.58 Å². The summed E-state index contributed by atoms with van der Waals surface area (Å²) < 4.78 is 5.69. The lowest BCUT2D eigenvalue weighted by molar-refractivity contribution is -0.128. The van der Waals surface area contributed by atoms with Gasteiger partial charge in [0.2, 0.25) is 5.91 Å². The number of ether oxygens (including phenoxy) is 1. The largest absolute Gasteiger partial charge is 0.378 e. The fraction of sp³-hybridized carbons (Fsp3) is 0.750. The Balaban J connectivity index is 1.81. The second-order valence-electron chi connectivity index (χ2n) is 4.42. The molecule has 0 spiro atoms. The third-order valence-corrected chi connectivity index (χ3v) is 3.52. The maximum absolute atomic E-state index is 11.4. The number of carbonyl (C=O) groups excluding carboxylic acids is 1. The number of nitrogens with zero attached hydrogens (tertiary/aromatic N) is 1. The summed E-state index contributed by atoms with van der Waals surface area (Å²) in [6.07, 6.45) is 6.46. The van der Waals surface area contributed by atoms with E-state index in [0.717, 1.165) is 32.5 Å². The summed E-state index contributed by atoms with van der Waals surface area (Å²) in [5.74, 6) is 0.738. The van der Waals surface area contributed by atoms with Gasteiger partial charge in [-0.05, 0) is 37.7 Å². The van der Waals surface area contributed by atoms with Crippen LogP contribution in [0.25, 0.3) is 0 Å². The number of hydrogen-bond acceptors (Lipinski definition) is 2. The standard InChI is InChI=1S/C12H19NO2/c1-2-12(14)13-7-5-10(6-8-13)11-4-3-9-15-11/h2,10-11H,1,3-9H2. The minimum atomic E-state index is 0.0702. The second-order valence-corrected chi connectivity index (χ2v) is 4.42. The Labute approximate surface area is 91.1 Å². The van der Waals surface area contributed by atoms with Gasteiger partial charge in [0, 0.05) is 19.7 Å². The van der Waals surface area contributed by atoms with E-state index in [0.29, 0.717) is 12.0 Å². The summed E-state index contributed by atoms with van der Waals surface area (Å²) in [4.78, 5) is 13.3. The molecule has 0 aromatic rings. The molecule has 3 nitrogen and oxygen atoms in total. The van der Waals surface area contributed by atoms with E-state index in [9.17, 15) is 4.79 Å². The first-order valence-corrected chi connectivity index (χ1v) is 5.84. The summed E-state index contributed by atoms with van der Waals surface area (Å²) in [6, 6.07) is 0. The molecule has 2 saturated heterocycles. The van der Waals surface area contributed by atoms with E-state index < -0.39 is 0 Å². The number of likely N-dealkylation sites (tertiary alicyclic amines) is 1. The van der Waals surface area contributed by atoms with Crippen LogP contribution in [0.1, 0.15) is 25.7 Å². The highest BCUT2D eigenvalue weighted by Gasteiger charge is 2.30. The molecule has 2 aliphatic rings. The first-order valence-electron chi connectivity index (χ1n) is 5.84. The summed E-state index contributed by atoms with van der Waals surface area (Å²) in [6.45, 7) is 6.18. The quantitative estimate of drug-likeness (QED) is 0.646. The minimum absolute atomic E-state index is 0.0702. The number of amides is 1. The number of piperidine rings is 1. The predicted molar refractivity (Wildman–Crippen MR) is 58.5 cm³/mol. The molecule has 0 aliphatic carbocycles. The highest BCUT2D eigenvalue weighted by molar-refractivity contribution is 5.87. The van der Waals surface area contributed by atoms with Gasteiger partial charge in [0.1, 0.15) is 0 Å². The van der Waals surface area contributed by atoms with Crippen LogP contribution in [0.3, 0.4) is 0 Å². The van der Waals surface area contributed by atoms with Gasteiger partial charge < -0.3 is 9.64 Å². The number of hydrogen-bond donors (Lipinski definition) is 0. The van der Waals surface area contributed by atoms with Crippen molar-refractivity contribution in [1.82, 2.24) is 4.90 Å². The molecule has 2 aliphatic heterocycles. The Morgan fingerprint density at radius 2 is 2.07 bits per heavy atom. The summed E-state index contributed by atoms with van der Waals surface area (Å²) >= 11 is 0. The average molecular weight is 209 g/mol. The minimum Gasteiger partial charge on any atom is -0.378 e. The molecule has 0 aromatic heterocycles. The van der Waals surface area contributed by atoms with Gasteiger partial charge in [-0.2, -0.15) is 0 Å². The van der Waals surface area contributed by atoms with Crippen molar-refractivity contribution in [2.24, 2.45) is 5.92 Å². The van der Waals surface area contributed by atoms with E-state index in [1.54, 1.807) is 0 Å². The normalized spacial score (nSPS) is 28.0. The highest BCUT2D eigenvalue weighted by atomic mass is 16.5. The molecule has 0 saturated carbocycles. The van der Waals surface area contributed by atoms with Gasteiger partial charge in [0.05, 0.1) is 6.10 Å². The van der Waals surface area contributed by atoms with Crippen molar-refractivity contribution in [2.75, 3.05) is 19.7 Å². The van der Waals surface area contributed by atoms with Crippen LogP contribution in [0.5, 0.6) is 0 Å². The number of carbonyl (C=O) groups is 1. The van der Waals surface area contributed by atoms with Gasteiger partial charge in [-0.3, -0.25) is 4.79 Å². The van der Waals surface area contributed by atoms with Crippen molar-refractivity contribution in [2.45, 2.75) is 31.8 Å². The van der Waals surface area contributed by atoms with Crippen molar-refractivity contribution in [3.63, 3.8) is 0 Å². The average Bonchev–Trinajstić information content (AvgIpc) is 2.82. The molecule has 0 bridgehead atoms. The molecule has 84 valence electrons. The first kappa shape index (κ1) is 10.7. The van der Waals surface area contributed by atoms with Gasteiger partial charge in [-0.25, -0.2) is 0 Å². The topological polar surface area (TPSA) is 29.5 Å². The van der Waals surface area contributed by atoms with Crippen LogP contribution in [0.4, 0.5) is 0 Å². The molecule has 1 atom stereocenters. The van der Waals surface area contributed by atoms with Crippen molar-refractivity contribution in [1.29, 1.82) is 0 Å². The molecule has 2 fully saturated rings. The Morgan fingerprint density at radius 3 is 2.60 bits per heavy atom. The molecule has 2 rings (SSSR count). The zero-order valence-electron chi connectivity index (χ0n) is 9.15. The molecule has 0 aromatic carbocycles. The lowest BCUT2D eigenvalue weighted by Crippen LogP contribution is -2.40. The van der Waals surface area contributed by atoms with E-state index >= 15 is 0 Å². The van der Waals surface area contributed by atoms with Crippen LogP contribution in [0, 0.1) is 5.92 Å². The third kappa shape index (κ3) is 2.40. The van der Waals surface area contributed by atoms with Crippen LogP contribution in [-0.2, 0) is 9.53 Å². The second kappa shape index (κ2) is 4.79. The lowest BCUT2D eigenvalue weighted by atomic mass is 9.90. The molecule has 0 N–H and O–H groups in total. The summed E-state index contributed by atoms with van der Waals surface area (Å²) in [5.41, 5.74) is 0. The van der Waals surface area contributed by atoms with Crippen LogP contribution in [-0.4, -0.2) is 36.6 Å². The molecule has 2 heterocycles. The molecule has 0 radical (unpaired) electrons. The van der Waals surface area contributed by atoms with Crippen molar-refractivity contribution in [3.05, 3.63) is 12.7 Å². The lowest BCUT2D eigenvalue weighted by Gasteiger charge is -2.33. The van der Waals surface area contributed by atoms with E-state index in [4.69, 9.17) is 4.74 Å². The van der Waals surface area contributed by atoms with Gasteiger partial charge in [0.25, 0.3) is 0 Å². The van der Waals surface area contributed by atoms with Gasteiger partial charge in [-0.15, -0.1) is 0 Å². The monoisotopic (exact) mass is 209 g/mol. The zero-order valence-corrected chi connectivity index (χ0v) is 9.15. The van der Waals surface area contributed by atoms with Gasteiger partial charge in [0.15, 0.2) is 0 Å². The van der Waals surface area contributed by atoms with Crippen LogP contribution in [0.2, 0.25) is 0 Å². The Hall–Kier alpha value is -0.830. The van der Waals surface area contributed by atoms with E-state index in [1.807, 2.05) is 4.90 Å². The molecule has 1 amide bonds. The highest BCUT2D eigenvalue weighted by Crippen LogP contribution is 2.28. The van der Waals surface area contributed by atoms with Crippen molar-refractivity contribution >= 4 is 5.91 Å². The Morgan fingerprint density at radius 1 is 1.33 bits per heavy atom. The molecule has 3 heteroatoms. The van der Waals surface area contributed by atoms with Gasteiger partial charge in [-0.1, -0.05) is 6.58 Å². The van der Waals surface area contributed by atoms with Crippen molar-refractivity contribution < 1.29 is 9.53 Å². The third-order valence-electron chi connectivity index (χ3n) is 3.52. The van der Waals surface area contributed by atoms with Gasteiger partial charge >= 0.3 is 0 Å². The maximum atomic E-state index is 11.4. The summed E-state index contributed by atoms with van der Waals surface area (Å²) in [7, 11) is 0. The number of rotatable bonds is 2. The first-order chi connectivity index (χ1) is 7.31. The van der Waals surface area contributed by atoms with E-state index in [1.165, 1.54) is 18.9 Å². The Kier molecular flexibility index (Phi) is 3.41. The molecule has 15 heavy (non-hydrogen) atoms. The molecular weight excluding hydrogens is 190 g/mol. The fourth-order valence-electron chi connectivity index (χ4n) is 2.60. The molecular formula is C12H19NO2.